The molecule has 1 fully saturated rings. The van der Waals surface area contributed by atoms with E-state index in [1.807, 2.05) is 11.3 Å². The van der Waals surface area contributed by atoms with Crippen molar-refractivity contribution >= 4 is 17.3 Å². The molecule has 1 aliphatic carbocycles. The Morgan fingerprint density at radius 2 is 2.11 bits per heavy atom. The second-order valence-electron chi connectivity index (χ2n) is 6.54. The number of aryl methyl sites for hydroxylation is 1. The molecule has 19 heavy (non-hydrogen) atoms. The molecular formula is C16H24O2S. The molecule has 0 radical (unpaired) electrons. The molecule has 2 atom stereocenters. The van der Waals surface area contributed by atoms with Crippen molar-refractivity contribution in [3.8, 4) is 0 Å². The smallest absolute Gasteiger partial charge is 0.306 e. The molecule has 1 aromatic rings. The molecule has 0 bridgehead atoms. The van der Waals surface area contributed by atoms with E-state index in [0.717, 1.165) is 32.1 Å². The molecule has 0 spiro atoms. The third kappa shape index (κ3) is 3.59. The van der Waals surface area contributed by atoms with Crippen molar-refractivity contribution in [2.75, 3.05) is 0 Å². The first-order valence-corrected chi connectivity index (χ1v) is 8.03. The van der Waals surface area contributed by atoms with Gasteiger partial charge < -0.3 is 5.11 Å². The van der Waals surface area contributed by atoms with Crippen molar-refractivity contribution in [2.24, 2.45) is 17.3 Å². The van der Waals surface area contributed by atoms with Crippen molar-refractivity contribution in [3.63, 3.8) is 0 Å². The van der Waals surface area contributed by atoms with Crippen LogP contribution in [0.1, 0.15) is 49.8 Å². The maximum atomic E-state index is 11.4. The number of rotatable bonds is 4. The number of carboxylic acid groups (broad SMARTS) is 1. The van der Waals surface area contributed by atoms with Crippen molar-refractivity contribution in [3.05, 3.63) is 21.9 Å². The van der Waals surface area contributed by atoms with E-state index in [4.69, 9.17) is 0 Å². The van der Waals surface area contributed by atoms with E-state index in [1.165, 1.54) is 9.75 Å². The van der Waals surface area contributed by atoms with Crippen LogP contribution in [0.4, 0.5) is 0 Å². The zero-order valence-corrected chi connectivity index (χ0v) is 12.9. The van der Waals surface area contributed by atoms with Gasteiger partial charge >= 0.3 is 5.97 Å². The van der Waals surface area contributed by atoms with Gasteiger partial charge in [-0.2, -0.15) is 0 Å². The lowest BCUT2D eigenvalue weighted by Crippen LogP contribution is -2.35. The monoisotopic (exact) mass is 280 g/mol. The van der Waals surface area contributed by atoms with Crippen molar-refractivity contribution in [1.29, 1.82) is 0 Å². The number of hydrogen-bond acceptors (Lipinski definition) is 2. The summed E-state index contributed by atoms with van der Waals surface area (Å²) in [5.41, 5.74) is 0.293. The highest BCUT2D eigenvalue weighted by molar-refractivity contribution is 7.11. The zero-order chi connectivity index (χ0) is 14.0. The minimum Gasteiger partial charge on any atom is -0.481 e. The molecule has 0 aromatic carbocycles. The Balaban J connectivity index is 2.11. The number of thiophene rings is 1. The van der Waals surface area contributed by atoms with Crippen LogP contribution >= 0.6 is 11.3 Å². The Kier molecular flexibility index (Phi) is 4.34. The predicted molar refractivity (Wildman–Crippen MR) is 79.6 cm³/mol. The van der Waals surface area contributed by atoms with Crippen LogP contribution in [0, 0.1) is 17.3 Å². The Labute approximate surface area is 119 Å². The van der Waals surface area contributed by atoms with Crippen LogP contribution in [0.25, 0.3) is 0 Å². The van der Waals surface area contributed by atoms with Crippen LogP contribution in [-0.2, 0) is 17.6 Å². The number of carbonyl (C=O) groups is 1. The van der Waals surface area contributed by atoms with Crippen molar-refractivity contribution < 1.29 is 9.90 Å². The zero-order valence-electron chi connectivity index (χ0n) is 12.1. The molecule has 1 saturated carbocycles. The van der Waals surface area contributed by atoms with Gasteiger partial charge in [-0.3, -0.25) is 4.79 Å². The topological polar surface area (TPSA) is 37.3 Å². The molecule has 0 amide bonds. The molecule has 2 unspecified atom stereocenters. The summed E-state index contributed by atoms with van der Waals surface area (Å²) >= 11 is 1.85. The lowest BCUT2D eigenvalue weighted by molar-refractivity contribution is -0.146. The minimum absolute atomic E-state index is 0.153. The second kappa shape index (κ2) is 5.66. The second-order valence-corrected chi connectivity index (χ2v) is 7.79. The van der Waals surface area contributed by atoms with E-state index < -0.39 is 5.97 Å². The fourth-order valence-corrected chi connectivity index (χ4v) is 4.31. The van der Waals surface area contributed by atoms with Crippen LogP contribution in [0.2, 0.25) is 0 Å². The highest BCUT2D eigenvalue weighted by atomic mass is 32.1. The lowest BCUT2D eigenvalue weighted by Gasteiger charge is -2.39. The Morgan fingerprint density at radius 1 is 1.42 bits per heavy atom. The third-order valence-electron chi connectivity index (χ3n) is 4.36. The van der Waals surface area contributed by atoms with Crippen molar-refractivity contribution in [2.45, 2.75) is 52.9 Å². The Morgan fingerprint density at radius 3 is 2.68 bits per heavy atom. The van der Waals surface area contributed by atoms with Gasteiger partial charge in [-0.1, -0.05) is 20.8 Å². The molecule has 1 aliphatic rings. The summed E-state index contributed by atoms with van der Waals surface area (Å²) in [5.74, 6) is -0.461. The van der Waals surface area contributed by atoms with Gasteiger partial charge in [-0.15, -0.1) is 11.3 Å². The average molecular weight is 280 g/mol. The highest BCUT2D eigenvalue weighted by Gasteiger charge is 2.38. The first-order valence-electron chi connectivity index (χ1n) is 7.21. The van der Waals surface area contributed by atoms with Gasteiger partial charge in [-0.05, 0) is 55.6 Å². The van der Waals surface area contributed by atoms with E-state index in [9.17, 15) is 9.90 Å². The van der Waals surface area contributed by atoms with Crippen molar-refractivity contribution in [1.82, 2.24) is 0 Å². The Hall–Kier alpha value is -0.830. The fourth-order valence-electron chi connectivity index (χ4n) is 3.26. The van der Waals surface area contributed by atoms with E-state index in [2.05, 4.69) is 32.9 Å². The number of hydrogen-bond donors (Lipinski definition) is 1. The normalized spacial score (nSPS) is 26.3. The van der Waals surface area contributed by atoms with Gasteiger partial charge in [-0.25, -0.2) is 0 Å². The average Bonchev–Trinajstić information content (AvgIpc) is 2.75. The summed E-state index contributed by atoms with van der Waals surface area (Å²) in [6, 6.07) is 4.37. The van der Waals surface area contributed by atoms with Gasteiger partial charge in [0, 0.05) is 9.75 Å². The van der Waals surface area contributed by atoms with Crippen LogP contribution in [0.5, 0.6) is 0 Å². The lowest BCUT2D eigenvalue weighted by atomic mass is 9.66. The summed E-state index contributed by atoms with van der Waals surface area (Å²) in [6.45, 7) is 6.70. The standard InChI is InChI=1S/C16H24O2S/c1-4-12-5-6-13(19-12)9-11-10-16(2,3)8-7-14(11)15(17)18/h5-6,11,14H,4,7-10H2,1-3H3,(H,17,18). The summed E-state index contributed by atoms with van der Waals surface area (Å²) in [4.78, 5) is 14.2. The fraction of sp³-hybridized carbons (Fsp3) is 0.688. The number of aliphatic carboxylic acids is 1. The molecular weight excluding hydrogens is 256 g/mol. The summed E-state index contributed by atoms with van der Waals surface area (Å²) in [6.07, 6.45) is 4.90. The Bertz CT molecular complexity index is 447. The molecule has 3 heteroatoms. The third-order valence-corrected chi connectivity index (χ3v) is 5.61. The molecule has 1 aromatic heterocycles. The molecule has 2 rings (SSSR count). The molecule has 1 N–H and O–H groups in total. The van der Waals surface area contributed by atoms with E-state index in [1.54, 1.807) is 0 Å². The van der Waals surface area contributed by atoms with E-state index >= 15 is 0 Å². The SMILES string of the molecule is CCc1ccc(CC2CC(C)(C)CCC2C(=O)O)s1. The maximum absolute atomic E-state index is 11.4. The summed E-state index contributed by atoms with van der Waals surface area (Å²) in [7, 11) is 0. The number of carboxylic acids is 1. The predicted octanol–water partition coefficient (Wildman–Crippen LogP) is 4.38. The highest BCUT2D eigenvalue weighted by Crippen LogP contribution is 2.43. The molecule has 1 heterocycles. The van der Waals surface area contributed by atoms with Gasteiger partial charge in [0.25, 0.3) is 0 Å². The first kappa shape index (κ1) is 14.6. The van der Waals surface area contributed by atoms with E-state index in [0.29, 0.717) is 11.3 Å². The molecule has 2 nitrogen and oxygen atoms in total. The molecule has 0 saturated heterocycles. The minimum atomic E-state index is -0.604. The maximum Gasteiger partial charge on any atom is 0.306 e. The van der Waals surface area contributed by atoms with Crippen LogP contribution in [0.15, 0.2) is 12.1 Å². The first-order chi connectivity index (χ1) is 8.91. The quantitative estimate of drug-likeness (QED) is 0.888. The molecule has 106 valence electrons. The van der Waals surface area contributed by atoms with E-state index in [-0.39, 0.29) is 5.92 Å². The summed E-state index contributed by atoms with van der Waals surface area (Å²) < 4.78 is 0. The van der Waals surface area contributed by atoms with Crippen LogP contribution in [0.3, 0.4) is 0 Å². The largest absolute Gasteiger partial charge is 0.481 e. The van der Waals surface area contributed by atoms with Crippen LogP contribution in [-0.4, -0.2) is 11.1 Å². The molecule has 0 aliphatic heterocycles. The van der Waals surface area contributed by atoms with Gasteiger partial charge in [0.2, 0.25) is 0 Å². The van der Waals surface area contributed by atoms with Gasteiger partial charge in [0.05, 0.1) is 5.92 Å². The van der Waals surface area contributed by atoms with Gasteiger partial charge in [0.15, 0.2) is 0 Å². The van der Waals surface area contributed by atoms with Gasteiger partial charge in [0.1, 0.15) is 0 Å². The van der Waals surface area contributed by atoms with Crippen LogP contribution < -0.4 is 0 Å². The summed E-state index contributed by atoms with van der Waals surface area (Å²) in [5, 5.41) is 9.41.